The van der Waals surface area contributed by atoms with Gasteiger partial charge in [-0.05, 0) is 37.5 Å². The van der Waals surface area contributed by atoms with Gasteiger partial charge in [-0.1, -0.05) is 17.7 Å². The zero-order valence-electron chi connectivity index (χ0n) is 10.7. The van der Waals surface area contributed by atoms with Crippen molar-refractivity contribution in [1.82, 2.24) is 5.32 Å². The summed E-state index contributed by atoms with van der Waals surface area (Å²) >= 11 is 5.75. The minimum Gasteiger partial charge on any atom is -0.306 e. The van der Waals surface area contributed by atoms with Crippen molar-refractivity contribution < 1.29 is 12.8 Å². The number of sulfone groups is 1. The SMILES string of the molecule is CC(NC1CCCS(=O)(=O)C1)c1ccc(F)c(Cl)c1. The number of halogens is 2. The topological polar surface area (TPSA) is 46.2 Å². The first kappa shape index (κ1) is 14.8. The van der Waals surface area contributed by atoms with E-state index in [-0.39, 0.29) is 28.6 Å². The summed E-state index contributed by atoms with van der Waals surface area (Å²) in [5.74, 6) is 0.00616. The van der Waals surface area contributed by atoms with Crippen LogP contribution in [0.3, 0.4) is 0 Å². The summed E-state index contributed by atoms with van der Waals surface area (Å²) in [4.78, 5) is 0. The molecule has 1 aliphatic heterocycles. The van der Waals surface area contributed by atoms with Crippen molar-refractivity contribution in [3.8, 4) is 0 Å². The van der Waals surface area contributed by atoms with E-state index in [0.29, 0.717) is 6.42 Å². The lowest BCUT2D eigenvalue weighted by Crippen LogP contribution is -2.41. The molecule has 2 unspecified atom stereocenters. The first-order valence-corrected chi connectivity index (χ1v) is 8.49. The van der Waals surface area contributed by atoms with Crippen LogP contribution < -0.4 is 5.32 Å². The van der Waals surface area contributed by atoms with Crippen molar-refractivity contribution >= 4 is 21.4 Å². The monoisotopic (exact) mass is 305 g/mol. The quantitative estimate of drug-likeness (QED) is 0.934. The second-order valence-corrected chi connectivity index (χ2v) is 7.65. The Balaban J connectivity index is 2.04. The highest BCUT2D eigenvalue weighted by atomic mass is 35.5. The molecule has 2 rings (SSSR count). The molecule has 0 bridgehead atoms. The molecule has 0 aliphatic carbocycles. The average molecular weight is 306 g/mol. The highest BCUT2D eigenvalue weighted by Gasteiger charge is 2.25. The van der Waals surface area contributed by atoms with Crippen molar-refractivity contribution in [3.63, 3.8) is 0 Å². The van der Waals surface area contributed by atoms with Crippen molar-refractivity contribution in [1.29, 1.82) is 0 Å². The zero-order chi connectivity index (χ0) is 14.0. The van der Waals surface area contributed by atoms with Gasteiger partial charge in [0.05, 0.1) is 16.5 Å². The van der Waals surface area contributed by atoms with Crippen LogP contribution >= 0.6 is 11.6 Å². The Kier molecular flexibility index (Phi) is 4.48. The van der Waals surface area contributed by atoms with E-state index in [9.17, 15) is 12.8 Å². The van der Waals surface area contributed by atoms with Gasteiger partial charge in [-0.2, -0.15) is 0 Å². The normalized spacial score (nSPS) is 24.1. The summed E-state index contributed by atoms with van der Waals surface area (Å²) in [5.41, 5.74) is 0.856. The number of hydrogen-bond donors (Lipinski definition) is 1. The Morgan fingerprint density at radius 2 is 2.21 bits per heavy atom. The lowest BCUT2D eigenvalue weighted by Gasteiger charge is -2.27. The molecule has 1 saturated heterocycles. The number of benzene rings is 1. The summed E-state index contributed by atoms with van der Waals surface area (Å²) in [7, 11) is -2.92. The molecule has 1 heterocycles. The highest BCUT2D eigenvalue weighted by molar-refractivity contribution is 7.91. The van der Waals surface area contributed by atoms with Gasteiger partial charge in [-0.3, -0.25) is 0 Å². The predicted molar refractivity (Wildman–Crippen MR) is 74.6 cm³/mol. The Morgan fingerprint density at radius 3 is 2.84 bits per heavy atom. The predicted octanol–water partition coefficient (Wildman–Crippen LogP) is 2.71. The summed E-state index contributed by atoms with van der Waals surface area (Å²) < 4.78 is 36.2. The standard InChI is InChI=1S/C13H17ClFNO2S/c1-9(10-4-5-13(15)12(14)7-10)16-11-3-2-6-19(17,18)8-11/h4-5,7,9,11,16H,2-3,6,8H2,1H3. The molecular formula is C13H17ClFNO2S. The molecule has 1 N–H and O–H groups in total. The van der Waals surface area contributed by atoms with Crippen LogP contribution in [0.25, 0.3) is 0 Å². The van der Waals surface area contributed by atoms with Crippen LogP contribution in [0.2, 0.25) is 5.02 Å². The van der Waals surface area contributed by atoms with E-state index in [0.717, 1.165) is 12.0 Å². The fourth-order valence-electron chi connectivity index (χ4n) is 2.39. The lowest BCUT2D eigenvalue weighted by molar-refractivity contribution is 0.437. The van der Waals surface area contributed by atoms with Gasteiger partial charge in [-0.15, -0.1) is 0 Å². The Hall–Kier alpha value is -0.650. The van der Waals surface area contributed by atoms with Crippen molar-refractivity contribution in [2.24, 2.45) is 0 Å². The van der Waals surface area contributed by atoms with Crippen molar-refractivity contribution in [2.45, 2.75) is 31.8 Å². The smallest absolute Gasteiger partial charge is 0.151 e. The van der Waals surface area contributed by atoms with E-state index in [1.807, 2.05) is 6.92 Å². The Morgan fingerprint density at radius 1 is 1.47 bits per heavy atom. The fraction of sp³-hybridized carbons (Fsp3) is 0.538. The Labute approximate surface area is 118 Å². The van der Waals surface area contributed by atoms with E-state index in [1.54, 1.807) is 12.1 Å². The molecule has 0 amide bonds. The van der Waals surface area contributed by atoms with Gasteiger partial charge in [0.1, 0.15) is 5.82 Å². The maximum atomic E-state index is 13.1. The molecule has 2 atom stereocenters. The van der Waals surface area contributed by atoms with Gasteiger partial charge in [0.2, 0.25) is 0 Å². The Bertz CT molecular complexity index is 562. The van der Waals surface area contributed by atoms with Crippen LogP contribution in [0.5, 0.6) is 0 Å². The lowest BCUT2D eigenvalue weighted by atomic mass is 10.1. The minimum absolute atomic E-state index is 0.0439. The summed E-state index contributed by atoms with van der Waals surface area (Å²) in [6, 6.07) is 4.46. The molecule has 1 fully saturated rings. The molecule has 0 saturated carbocycles. The van der Waals surface area contributed by atoms with Gasteiger partial charge >= 0.3 is 0 Å². The van der Waals surface area contributed by atoms with Crippen LogP contribution in [0.4, 0.5) is 4.39 Å². The molecule has 0 radical (unpaired) electrons. The molecule has 19 heavy (non-hydrogen) atoms. The molecule has 1 aromatic rings. The molecular weight excluding hydrogens is 289 g/mol. The number of rotatable bonds is 3. The molecule has 1 aromatic carbocycles. The van der Waals surface area contributed by atoms with Gasteiger partial charge in [0, 0.05) is 12.1 Å². The van der Waals surface area contributed by atoms with Gasteiger partial charge in [-0.25, -0.2) is 12.8 Å². The molecule has 1 aliphatic rings. The van der Waals surface area contributed by atoms with Crippen LogP contribution in [0.1, 0.15) is 31.4 Å². The van der Waals surface area contributed by atoms with Crippen molar-refractivity contribution in [3.05, 3.63) is 34.6 Å². The molecule has 0 spiro atoms. The van der Waals surface area contributed by atoms with E-state index in [4.69, 9.17) is 11.6 Å². The maximum Gasteiger partial charge on any atom is 0.151 e. The van der Waals surface area contributed by atoms with Crippen LogP contribution in [0.15, 0.2) is 18.2 Å². The van der Waals surface area contributed by atoms with Gasteiger partial charge in [0.25, 0.3) is 0 Å². The number of hydrogen-bond acceptors (Lipinski definition) is 3. The summed E-state index contributed by atoms with van der Waals surface area (Å²) in [6.07, 6.45) is 1.54. The first-order valence-electron chi connectivity index (χ1n) is 6.29. The van der Waals surface area contributed by atoms with Gasteiger partial charge in [0.15, 0.2) is 9.84 Å². The highest BCUT2D eigenvalue weighted by Crippen LogP contribution is 2.22. The molecule has 0 aromatic heterocycles. The second kappa shape index (κ2) is 5.77. The van der Waals surface area contributed by atoms with Crippen LogP contribution in [0, 0.1) is 5.82 Å². The third-order valence-corrected chi connectivity index (χ3v) is 5.50. The van der Waals surface area contributed by atoms with Crippen molar-refractivity contribution in [2.75, 3.05) is 11.5 Å². The third kappa shape index (κ3) is 3.91. The van der Waals surface area contributed by atoms with E-state index >= 15 is 0 Å². The second-order valence-electron chi connectivity index (χ2n) is 5.02. The van der Waals surface area contributed by atoms with Crippen LogP contribution in [-0.4, -0.2) is 26.0 Å². The van der Waals surface area contributed by atoms with Gasteiger partial charge < -0.3 is 5.32 Å². The minimum atomic E-state index is -2.92. The molecule has 3 nitrogen and oxygen atoms in total. The molecule has 6 heteroatoms. The van der Waals surface area contributed by atoms with E-state index in [1.165, 1.54) is 6.07 Å². The third-order valence-electron chi connectivity index (χ3n) is 3.39. The average Bonchev–Trinajstić information content (AvgIpc) is 2.31. The largest absolute Gasteiger partial charge is 0.306 e. The summed E-state index contributed by atoms with van der Waals surface area (Å²) in [6.45, 7) is 1.92. The summed E-state index contributed by atoms with van der Waals surface area (Å²) in [5, 5.41) is 3.36. The maximum absolute atomic E-state index is 13.1. The first-order chi connectivity index (χ1) is 8.87. The molecule has 106 valence electrons. The van der Waals surface area contributed by atoms with Crippen LogP contribution in [-0.2, 0) is 9.84 Å². The van der Waals surface area contributed by atoms with E-state index < -0.39 is 15.7 Å². The fourth-order valence-corrected chi connectivity index (χ4v) is 4.22. The number of nitrogens with one attached hydrogen (secondary N) is 1. The van der Waals surface area contributed by atoms with E-state index in [2.05, 4.69) is 5.32 Å². The zero-order valence-corrected chi connectivity index (χ0v) is 12.3.